The van der Waals surface area contributed by atoms with E-state index in [9.17, 15) is 0 Å². The highest BCUT2D eigenvalue weighted by atomic mass is 35.5. The minimum atomic E-state index is -1.78. The van der Waals surface area contributed by atoms with Crippen LogP contribution in [0.5, 0.6) is 0 Å². The first-order chi connectivity index (χ1) is 9.25. The molecule has 1 atom stereocenters. The molecule has 6 heteroatoms. The van der Waals surface area contributed by atoms with Gasteiger partial charge < -0.3 is 4.84 Å². The van der Waals surface area contributed by atoms with E-state index in [0.717, 1.165) is 5.56 Å². The first-order valence-corrected chi connectivity index (χ1v) is 6.91. The lowest BCUT2D eigenvalue weighted by Gasteiger charge is -2.33. The Morgan fingerprint density at radius 2 is 1.85 bits per heavy atom. The number of hydrogen-bond donors (Lipinski definition) is 0. The number of benzene rings is 1. The van der Waals surface area contributed by atoms with Crippen LogP contribution in [-0.2, 0) is 4.84 Å². The summed E-state index contributed by atoms with van der Waals surface area (Å²) in [5.74, 6) is 0.00658. The summed E-state index contributed by atoms with van der Waals surface area (Å²) in [5.41, 5.74) is 0.616. The van der Waals surface area contributed by atoms with Crippen LogP contribution in [-0.4, -0.2) is 20.8 Å². The zero-order chi connectivity index (χ0) is 15.0. The van der Waals surface area contributed by atoms with Gasteiger partial charge in [-0.3, -0.25) is 0 Å². The van der Waals surface area contributed by atoms with Crippen molar-refractivity contribution in [2.75, 3.05) is 0 Å². The van der Waals surface area contributed by atoms with Gasteiger partial charge in [0, 0.05) is 0 Å². The van der Waals surface area contributed by atoms with Crippen molar-refractivity contribution >= 4 is 29.1 Å². The summed E-state index contributed by atoms with van der Waals surface area (Å²) >= 11 is 11.8. The van der Waals surface area contributed by atoms with Crippen LogP contribution in [0, 0.1) is 11.3 Å². The molecule has 0 saturated heterocycles. The third-order valence-corrected chi connectivity index (χ3v) is 3.31. The molecule has 1 aromatic rings. The number of nitrogens with zero attached hydrogens (tertiary/aromatic N) is 3. The lowest BCUT2D eigenvalue weighted by Crippen LogP contribution is -2.42. The molecule has 0 bridgehead atoms. The zero-order valence-electron chi connectivity index (χ0n) is 11.5. The maximum Gasteiger partial charge on any atom is 0.280 e. The minimum absolute atomic E-state index is 0.00658. The van der Waals surface area contributed by atoms with Crippen molar-refractivity contribution in [1.82, 2.24) is 5.06 Å². The molecule has 0 aliphatic carbocycles. The Labute approximate surface area is 128 Å². The summed E-state index contributed by atoms with van der Waals surface area (Å²) in [6.07, 6.45) is -0.378. The summed E-state index contributed by atoms with van der Waals surface area (Å²) in [7, 11) is 0. The second-order valence-electron chi connectivity index (χ2n) is 5.49. The Morgan fingerprint density at radius 3 is 2.35 bits per heavy atom. The van der Waals surface area contributed by atoms with E-state index in [1.54, 1.807) is 11.1 Å². The second-order valence-corrected chi connectivity index (χ2v) is 6.82. The third-order valence-electron chi connectivity index (χ3n) is 2.81. The Morgan fingerprint density at radius 1 is 1.25 bits per heavy atom. The topological polar surface area (TPSA) is 48.6 Å². The molecule has 4 nitrogen and oxygen atoms in total. The van der Waals surface area contributed by atoms with Crippen LogP contribution in [0.3, 0.4) is 0 Å². The molecule has 2 rings (SSSR count). The Kier molecular flexibility index (Phi) is 3.97. The van der Waals surface area contributed by atoms with Gasteiger partial charge in [0.25, 0.3) is 10.2 Å². The maximum absolute atomic E-state index is 9.01. The van der Waals surface area contributed by atoms with E-state index in [1.165, 1.54) is 0 Å². The second kappa shape index (κ2) is 5.25. The Bertz CT molecular complexity index is 558. The van der Waals surface area contributed by atoms with Gasteiger partial charge >= 0.3 is 0 Å². The molecule has 0 fully saturated rings. The molecule has 1 aliphatic rings. The van der Waals surface area contributed by atoms with E-state index in [-0.39, 0.29) is 17.6 Å². The van der Waals surface area contributed by atoms with Gasteiger partial charge in [0.2, 0.25) is 0 Å². The lowest BCUT2D eigenvalue weighted by molar-refractivity contribution is -0.152. The van der Waals surface area contributed by atoms with Gasteiger partial charge in [-0.25, -0.2) is 4.99 Å². The van der Waals surface area contributed by atoms with Gasteiger partial charge in [-0.1, -0.05) is 53.5 Å². The number of aliphatic imine (C=N–C) groups is 1. The van der Waals surface area contributed by atoms with Crippen molar-refractivity contribution in [3.05, 3.63) is 35.9 Å². The molecular formula is C14H15Cl2N3O. The van der Waals surface area contributed by atoms with E-state index in [4.69, 9.17) is 33.3 Å². The van der Waals surface area contributed by atoms with Gasteiger partial charge in [-0.15, -0.1) is 5.06 Å². The third kappa shape index (κ3) is 2.90. The largest absolute Gasteiger partial charge is 0.383 e. The number of alkyl halides is 2. The van der Waals surface area contributed by atoms with E-state index < -0.39 is 4.33 Å². The molecule has 0 radical (unpaired) electrons. The monoisotopic (exact) mass is 311 g/mol. The molecular weight excluding hydrogens is 297 g/mol. The van der Waals surface area contributed by atoms with Crippen LogP contribution in [0.15, 0.2) is 35.3 Å². The van der Waals surface area contributed by atoms with Crippen molar-refractivity contribution in [2.24, 2.45) is 4.99 Å². The molecule has 1 aliphatic heterocycles. The number of nitriles is 1. The quantitative estimate of drug-likeness (QED) is 0.780. The molecule has 0 amide bonds. The van der Waals surface area contributed by atoms with Gasteiger partial charge in [-0.05, 0) is 26.3 Å². The number of hydroxylamine groups is 2. The Hall–Kier alpha value is -1.28. The zero-order valence-corrected chi connectivity index (χ0v) is 13.0. The number of rotatable bonds is 2. The summed E-state index contributed by atoms with van der Waals surface area (Å²) < 4.78 is -1.78. The van der Waals surface area contributed by atoms with Crippen molar-refractivity contribution in [3.8, 4) is 6.07 Å². The first kappa shape index (κ1) is 15.1. The molecule has 0 N–H and O–H groups in total. The highest BCUT2D eigenvalue weighted by Crippen LogP contribution is 2.38. The highest BCUT2D eigenvalue weighted by molar-refractivity contribution is 6.60. The number of halogens is 2. The first-order valence-electron chi connectivity index (χ1n) is 6.15. The van der Waals surface area contributed by atoms with Crippen molar-refractivity contribution < 1.29 is 4.84 Å². The molecule has 1 heterocycles. The molecule has 20 heavy (non-hydrogen) atoms. The molecule has 0 spiro atoms. The fourth-order valence-corrected chi connectivity index (χ4v) is 2.02. The highest BCUT2D eigenvalue weighted by Gasteiger charge is 2.45. The van der Waals surface area contributed by atoms with Crippen LogP contribution in [0.1, 0.15) is 32.5 Å². The van der Waals surface area contributed by atoms with Gasteiger partial charge in [-0.2, -0.15) is 5.26 Å². The summed E-state index contributed by atoms with van der Waals surface area (Å²) in [4.78, 5) is 10.0. The van der Waals surface area contributed by atoms with Gasteiger partial charge in [0.15, 0.2) is 6.17 Å². The van der Waals surface area contributed by atoms with E-state index in [0.29, 0.717) is 0 Å². The fraction of sp³-hybridized carbons (Fsp3) is 0.429. The molecule has 0 aromatic heterocycles. The number of hydrogen-bond acceptors (Lipinski definition) is 4. The predicted octanol–water partition coefficient (Wildman–Crippen LogP) is 3.83. The van der Waals surface area contributed by atoms with Crippen LogP contribution >= 0.6 is 23.2 Å². The van der Waals surface area contributed by atoms with E-state index >= 15 is 0 Å². The van der Waals surface area contributed by atoms with Crippen molar-refractivity contribution in [2.45, 2.75) is 36.8 Å². The SMILES string of the molecule is CC(C)(C)N1OC(C(Cl)(Cl)C#N)=NC1c1ccccc1. The summed E-state index contributed by atoms with van der Waals surface area (Å²) in [6, 6.07) is 11.4. The van der Waals surface area contributed by atoms with Gasteiger partial charge in [0.05, 0.1) is 5.54 Å². The normalized spacial score (nSPS) is 20.2. The van der Waals surface area contributed by atoms with Crippen molar-refractivity contribution in [3.63, 3.8) is 0 Å². The van der Waals surface area contributed by atoms with Crippen molar-refractivity contribution in [1.29, 1.82) is 5.26 Å². The lowest BCUT2D eigenvalue weighted by atomic mass is 10.1. The van der Waals surface area contributed by atoms with Crippen LogP contribution in [0.25, 0.3) is 0 Å². The minimum Gasteiger partial charge on any atom is -0.383 e. The predicted molar refractivity (Wildman–Crippen MR) is 79.3 cm³/mol. The van der Waals surface area contributed by atoms with E-state index in [1.807, 2.05) is 51.1 Å². The molecule has 0 saturated carbocycles. The van der Waals surface area contributed by atoms with E-state index in [2.05, 4.69) is 4.99 Å². The molecule has 1 unspecified atom stereocenters. The average molecular weight is 312 g/mol. The maximum atomic E-state index is 9.01. The summed E-state index contributed by atoms with van der Waals surface area (Å²) in [6.45, 7) is 5.95. The van der Waals surface area contributed by atoms with Crippen LogP contribution in [0.4, 0.5) is 0 Å². The summed E-state index contributed by atoms with van der Waals surface area (Å²) in [5, 5.41) is 10.7. The molecule has 106 valence electrons. The standard InChI is InChI=1S/C14H15Cl2N3O/c1-13(2,3)19-11(10-7-5-4-6-8-10)18-12(20-19)14(15,16)9-17/h4-8,11H,1-3H3. The average Bonchev–Trinajstić information content (AvgIpc) is 2.85. The van der Waals surface area contributed by atoms with Crippen LogP contribution < -0.4 is 0 Å². The van der Waals surface area contributed by atoms with Gasteiger partial charge in [0.1, 0.15) is 6.07 Å². The fourth-order valence-electron chi connectivity index (χ4n) is 1.86. The molecule has 1 aromatic carbocycles. The smallest absolute Gasteiger partial charge is 0.280 e. The van der Waals surface area contributed by atoms with Crippen LogP contribution in [0.2, 0.25) is 0 Å². The Balaban J connectivity index is 2.42.